The fraction of sp³-hybridized carbons (Fsp3) is 0.143. The number of nitrogens with one attached hydrogen (secondary N) is 1. The standard InChI is InChI=1S/C7H5BrN4O/c1-3-10-6-5(7(13)11-3)12-4(8)2-9-6/h2H,1H3,(H,9,10,11,13). The van der Waals surface area contributed by atoms with Crippen LogP contribution < -0.4 is 5.56 Å². The molecule has 2 aromatic heterocycles. The fourth-order valence-electron chi connectivity index (χ4n) is 1.01. The number of aryl methyl sites for hydroxylation is 1. The summed E-state index contributed by atoms with van der Waals surface area (Å²) >= 11 is 3.13. The Balaban J connectivity index is 2.95. The molecule has 0 aliphatic rings. The molecule has 0 aliphatic carbocycles. The molecular formula is C7H5BrN4O. The fourth-order valence-corrected chi connectivity index (χ4v) is 1.29. The zero-order valence-corrected chi connectivity index (χ0v) is 8.29. The monoisotopic (exact) mass is 240 g/mol. The van der Waals surface area contributed by atoms with Gasteiger partial charge in [-0.2, -0.15) is 0 Å². The summed E-state index contributed by atoms with van der Waals surface area (Å²) < 4.78 is 0.524. The third kappa shape index (κ3) is 1.44. The molecule has 0 spiro atoms. The molecule has 6 heteroatoms. The molecule has 0 aliphatic heterocycles. The van der Waals surface area contributed by atoms with Crippen molar-refractivity contribution in [3.63, 3.8) is 0 Å². The molecule has 1 N–H and O–H groups in total. The second-order valence-electron chi connectivity index (χ2n) is 2.52. The van der Waals surface area contributed by atoms with Crippen molar-refractivity contribution in [2.45, 2.75) is 6.92 Å². The number of hydrogen-bond acceptors (Lipinski definition) is 4. The van der Waals surface area contributed by atoms with Crippen LogP contribution in [0.15, 0.2) is 15.6 Å². The Hall–Kier alpha value is -1.30. The number of nitrogens with zero attached hydrogens (tertiary/aromatic N) is 3. The predicted octanol–water partition coefficient (Wildman–Crippen LogP) is 0.784. The lowest BCUT2D eigenvalue weighted by Crippen LogP contribution is -2.12. The van der Waals surface area contributed by atoms with Crippen molar-refractivity contribution in [1.82, 2.24) is 19.9 Å². The second-order valence-corrected chi connectivity index (χ2v) is 3.33. The molecule has 0 radical (unpaired) electrons. The lowest BCUT2D eigenvalue weighted by Gasteiger charge is -1.96. The first kappa shape index (κ1) is 8.31. The van der Waals surface area contributed by atoms with Gasteiger partial charge in [-0.15, -0.1) is 0 Å². The number of halogens is 1. The Bertz CT molecular complexity index is 521. The van der Waals surface area contributed by atoms with Crippen LogP contribution in [-0.2, 0) is 0 Å². The summed E-state index contributed by atoms with van der Waals surface area (Å²) in [6.07, 6.45) is 1.51. The minimum atomic E-state index is -0.267. The zero-order chi connectivity index (χ0) is 9.42. The Morgan fingerprint density at radius 3 is 3.00 bits per heavy atom. The van der Waals surface area contributed by atoms with Crippen LogP contribution in [0.25, 0.3) is 11.2 Å². The number of aromatic amines is 1. The first-order valence-electron chi connectivity index (χ1n) is 3.56. The maximum atomic E-state index is 11.3. The van der Waals surface area contributed by atoms with E-state index in [1.54, 1.807) is 6.92 Å². The van der Waals surface area contributed by atoms with E-state index in [2.05, 4.69) is 35.9 Å². The van der Waals surface area contributed by atoms with Gasteiger partial charge in [-0.25, -0.2) is 15.0 Å². The molecule has 0 unspecified atom stereocenters. The molecule has 2 heterocycles. The smallest absolute Gasteiger partial charge is 0.279 e. The highest BCUT2D eigenvalue weighted by molar-refractivity contribution is 9.10. The highest BCUT2D eigenvalue weighted by Crippen LogP contribution is 2.06. The van der Waals surface area contributed by atoms with Crippen LogP contribution >= 0.6 is 15.9 Å². The Morgan fingerprint density at radius 1 is 1.46 bits per heavy atom. The molecule has 0 saturated carbocycles. The summed E-state index contributed by atoms with van der Waals surface area (Å²) in [5.74, 6) is 0.536. The van der Waals surface area contributed by atoms with Gasteiger partial charge >= 0.3 is 0 Å². The maximum Gasteiger partial charge on any atom is 0.279 e. The van der Waals surface area contributed by atoms with Gasteiger partial charge in [0.1, 0.15) is 10.4 Å². The number of aromatic nitrogens is 4. The van der Waals surface area contributed by atoms with Crippen LogP contribution in [0, 0.1) is 6.92 Å². The number of rotatable bonds is 0. The zero-order valence-electron chi connectivity index (χ0n) is 6.71. The molecule has 0 saturated heterocycles. The van der Waals surface area contributed by atoms with E-state index in [-0.39, 0.29) is 11.1 Å². The molecule has 5 nitrogen and oxygen atoms in total. The molecule has 2 aromatic rings. The third-order valence-corrected chi connectivity index (χ3v) is 1.89. The molecule has 0 fully saturated rings. The summed E-state index contributed by atoms with van der Waals surface area (Å²) in [5.41, 5.74) is 0.348. The number of fused-ring (bicyclic) bond motifs is 1. The van der Waals surface area contributed by atoms with Crippen LogP contribution in [0.3, 0.4) is 0 Å². The lowest BCUT2D eigenvalue weighted by molar-refractivity contribution is 1.02. The van der Waals surface area contributed by atoms with Crippen molar-refractivity contribution < 1.29 is 0 Å². The van der Waals surface area contributed by atoms with E-state index in [0.29, 0.717) is 16.1 Å². The average Bonchev–Trinajstić information content (AvgIpc) is 2.06. The van der Waals surface area contributed by atoms with E-state index in [0.717, 1.165) is 0 Å². The summed E-state index contributed by atoms with van der Waals surface area (Å²) in [7, 11) is 0. The molecule has 0 amide bonds. The SMILES string of the molecule is Cc1nc2ncc(Br)nc2c(=O)[nH]1. The minimum Gasteiger partial charge on any atom is -0.309 e. The first-order valence-corrected chi connectivity index (χ1v) is 4.35. The number of hydrogen-bond donors (Lipinski definition) is 1. The summed E-state index contributed by atoms with van der Waals surface area (Å²) in [4.78, 5) is 25.8. The van der Waals surface area contributed by atoms with Gasteiger partial charge in [0.05, 0.1) is 6.20 Å². The normalized spacial score (nSPS) is 10.6. The van der Waals surface area contributed by atoms with Crippen molar-refractivity contribution >= 4 is 27.1 Å². The van der Waals surface area contributed by atoms with Crippen LogP contribution in [0.5, 0.6) is 0 Å². The Labute approximate surface area is 81.4 Å². The second kappa shape index (κ2) is 2.88. The van der Waals surface area contributed by atoms with Gasteiger partial charge in [0.2, 0.25) is 0 Å². The van der Waals surface area contributed by atoms with Crippen molar-refractivity contribution in [3.8, 4) is 0 Å². The van der Waals surface area contributed by atoms with Gasteiger partial charge in [-0.05, 0) is 22.9 Å². The minimum absolute atomic E-state index is 0.250. The van der Waals surface area contributed by atoms with Crippen LogP contribution in [-0.4, -0.2) is 19.9 Å². The van der Waals surface area contributed by atoms with Gasteiger partial charge < -0.3 is 4.98 Å². The van der Waals surface area contributed by atoms with Crippen molar-refractivity contribution in [2.75, 3.05) is 0 Å². The van der Waals surface area contributed by atoms with E-state index in [1.807, 2.05) is 0 Å². The van der Waals surface area contributed by atoms with Crippen molar-refractivity contribution in [1.29, 1.82) is 0 Å². The Morgan fingerprint density at radius 2 is 2.23 bits per heavy atom. The molecule has 66 valence electrons. The topological polar surface area (TPSA) is 71.5 Å². The van der Waals surface area contributed by atoms with E-state index in [1.165, 1.54) is 6.20 Å². The highest BCUT2D eigenvalue weighted by atomic mass is 79.9. The first-order chi connectivity index (χ1) is 6.16. The summed E-state index contributed by atoms with van der Waals surface area (Å²) in [6.45, 7) is 1.70. The van der Waals surface area contributed by atoms with Crippen molar-refractivity contribution in [3.05, 3.63) is 27.0 Å². The van der Waals surface area contributed by atoms with Gasteiger partial charge in [-0.1, -0.05) is 0 Å². The summed E-state index contributed by atoms with van der Waals surface area (Å²) in [5, 5.41) is 0. The van der Waals surface area contributed by atoms with E-state index < -0.39 is 0 Å². The average molecular weight is 241 g/mol. The van der Waals surface area contributed by atoms with Crippen LogP contribution in [0.4, 0.5) is 0 Å². The van der Waals surface area contributed by atoms with Gasteiger partial charge in [0.15, 0.2) is 11.2 Å². The van der Waals surface area contributed by atoms with E-state index >= 15 is 0 Å². The molecule has 0 bridgehead atoms. The third-order valence-electron chi connectivity index (χ3n) is 1.51. The molecule has 0 atom stereocenters. The van der Waals surface area contributed by atoms with Crippen molar-refractivity contribution in [2.24, 2.45) is 0 Å². The predicted molar refractivity (Wildman–Crippen MR) is 50.4 cm³/mol. The van der Waals surface area contributed by atoms with Crippen LogP contribution in [0.2, 0.25) is 0 Å². The van der Waals surface area contributed by atoms with Crippen LogP contribution in [0.1, 0.15) is 5.82 Å². The molecule has 13 heavy (non-hydrogen) atoms. The highest BCUT2D eigenvalue weighted by Gasteiger charge is 2.03. The maximum absolute atomic E-state index is 11.3. The Kier molecular flexibility index (Phi) is 1.84. The molecular weight excluding hydrogens is 236 g/mol. The molecule has 2 rings (SSSR count). The summed E-state index contributed by atoms with van der Waals surface area (Å²) in [6, 6.07) is 0. The quantitative estimate of drug-likeness (QED) is 0.739. The van der Waals surface area contributed by atoms with E-state index in [9.17, 15) is 4.79 Å². The number of H-pyrrole nitrogens is 1. The molecule has 0 aromatic carbocycles. The van der Waals surface area contributed by atoms with Gasteiger partial charge in [0, 0.05) is 0 Å². The lowest BCUT2D eigenvalue weighted by atomic mass is 10.5. The largest absolute Gasteiger partial charge is 0.309 e. The van der Waals surface area contributed by atoms with Gasteiger partial charge in [0.25, 0.3) is 5.56 Å². The van der Waals surface area contributed by atoms with Gasteiger partial charge in [-0.3, -0.25) is 4.79 Å². The van der Waals surface area contributed by atoms with E-state index in [4.69, 9.17) is 0 Å².